The molecule has 28 nitrogen and oxygen atoms in total. The first kappa shape index (κ1) is 81.1. The number of fused-ring (bicyclic) bond motifs is 8. The number of esters is 1. The van der Waals surface area contributed by atoms with E-state index in [-0.39, 0.29) is 47.7 Å². The molecular formula is C93H96F3N23O5. The summed E-state index contributed by atoms with van der Waals surface area (Å²) in [4.78, 5) is 86.6. The van der Waals surface area contributed by atoms with Gasteiger partial charge in [0.05, 0.1) is 41.1 Å². The molecule has 0 atom stereocenters. The number of nitrogen functional groups attached to an aromatic ring is 4. The van der Waals surface area contributed by atoms with Crippen LogP contribution in [0.25, 0.3) is 117 Å². The molecule has 0 unspecified atom stereocenters. The number of aryl methyl sites for hydroxylation is 1. The second kappa shape index (κ2) is 34.5. The SMILES string of the molecule is COC(=O)C1CCC(c2nc(-c3cc4cccc(C)c4[nH]3)c3c(N)ncnn23)CC1.COCC(=O)NCC1CCC(c2nc(-c3cc4ccccc4[nH]3)c3c(N)nccn23)CC1.Nc1nccn2c(C3CCC(CNC(=O)c4cccc(C(F)(F)F)c4)CC3)nc(-c3cc4ccccc4[nH]3)c12.Nc1ncnc2c1c(-c1cc3ccccc3[nH]1)cn2CC1CC1. The fourth-order valence-electron chi connectivity index (χ4n) is 18.3. The number of amides is 2. The number of methoxy groups -OCH3 is 2. The molecule has 0 aliphatic heterocycles. The normalized spacial score (nSPS) is 18.0. The van der Waals surface area contributed by atoms with Gasteiger partial charge in [-0.1, -0.05) is 78.9 Å². The van der Waals surface area contributed by atoms with E-state index in [1.54, 1.807) is 18.7 Å². The van der Waals surface area contributed by atoms with Gasteiger partial charge < -0.3 is 67.5 Å². The van der Waals surface area contributed by atoms with Crippen molar-refractivity contribution in [1.29, 1.82) is 0 Å². The molecule has 12 heterocycles. The number of nitrogens with one attached hydrogen (secondary N) is 6. The Hall–Kier alpha value is -14.0. The molecule has 31 heteroatoms. The molecule has 5 aromatic carbocycles. The maximum Gasteiger partial charge on any atom is 0.416 e. The number of carbonyl (C=O) groups is 3. The predicted molar refractivity (Wildman–Crippen MR) is 473 cm³/mol. The van der Waals surface area contributed by atoms with Crippen molar-refractivity contribution in [3.8, 4) is 45.4 Å². The fraction of sp³-hybridized carbons (Fsp3) is 0.312. The molecule has 0 bridgehead atoms. The summed E-state index contributed by atoms with van der Waals surface area (Å²) in [5.41, 5.74) is 40.2. The molecule has 4 aliphatic carbocycles. The zero-order valence-corrected chi connectivity index (χ0v) is 68.9. The first-order valence-corrected chi connectivity index (χ1v) is 42.2. The number of halogens is 3. The van der Waals surface area contributed by atoms with Gasteiger partial charge in [-0.3, -0.25) is 23.2 Å². The summed E-state index contributed by atoms with van der Waals surface area (Å²) in [5.74, 6) is 6.20. The molecule has 4 aliphatic rings. The van der Waals surface area contributed by atoms with E-state index in [2.05, 4.69) is 143 Å². The van der Waals surface area contributed by atoms with E-state index in [1.807, 2.05) is 75.9 Å². The Morgan fingerprint density at radius 2 is 1.00 bits per heavy atom. The zero-order chi connectivity index (χ0) is 85.4. The van der Waals surface area contributed by atoms with Gasteiger partial charge in [0.2, 0.25) is 5.91 Å². The van der Waals surface area contributed by atoms with Crippen molar-refractivity contribution in [3.05, 3.63) is 217 Å². The standard InChI is InChI=1S/C29H27F3N6O.C24H28N6O2.C22H24N6O2.C18H17N5/c30-29(31,32)21-6-3-5-20(14-21)28(39)35-16-17-8-10-18(11-9-17)27-37-24(25-26(33)34-12-13-38(25)27)23-15-19-4-1-2-7-22(19)36-23;1-32-14-20(31)27-13-15-6-8-16(9-7-15)24-29-21(22-23(25)26-10-11-30(22)24)19-12-17-4-2-3-5-18(17)28-19;1-12-4-3-5-15-10-16(26-17(12)15)18-19-20(23)24-11-25-28(19)21(27-18)13-6-8-14(9-7-13)22(29)30-2;19-17-16-13(15-7-12-3-1-2-4-14(12)22-15)9-23(8-11-5-6-11)18(16)21-10-20-17/h1-7,12-15,17-18,36H,8-11,16H2,(H2,33,34)(H,35,39);2-5,10-12,15-16,28H,6-9,13-14H2,1H3,(H2,25,26)(H,27,31);3-5,10-11,13-14,26H,6-9H2,1-2H3,(H2,23,24,25);1-4,7,9-11,22H,5-6,8H2,(H2,19,20,21). The number of H-pyrrole nitrogens is 4. The average molecular weight is 1670 g/mol. The van der Waals surface area contributed by atoms with E-state index in [0.29, 0.717) is 53.7 Å². The lowest BCUT2D eigenvalue weighted by Crippen LogP contribution is -2.33. The number of benzene rings is 5. The van der Waals surface area contributed by atoms with E-state index >= 15 is 0 Å². The molecule has 634 valence electrons. The Morgan fingerprint density at radius 1 is 0.508 bits per heavy atom. The van der Waals surface area contributed by atoms with Crippen molar-refractivity contribution in [2.45, 2.75) is 127 Å². The maximum atomic E-state index is 13.0. The minimum atomic E-state index is -4.49. The second-order valence-electron chi connectivity index (χ2n) is 33.1. The van der Waals surface area contributed by atoms with Gasteiger partial charge in [-0.25, -0.2) is 44.4 Å². The van der Waals surface area contributed by atoms with E-state index < -0.39 is 17.6 Å². The summed E-state index contributed by atoms with van der Waals surface area (Å²) in [6.07, 6.45) is 21.5. The number of carbonyl (C=O) groups excluding carboxylic acids is 3. The summed E-state index contributed by atoms with van der Waals surface area (Å²) in [5, 5.41) is 15.8. The number of hydrogen-bond donors (Lipinski definition) is 10. The van der Waals surface area contributed by atoms with Crippen LogP contribution >= 0.6 is 0 Å². The first-order valence-electron chi connectivity index (χ1n) is 42.2. The van der Waals surface area contributed by atoms with Gasteiger partial charge in [0.1, 0.15) is 93.5 Å². The number of para-hydroxylation sites is 4. The van der Waals surface area contributed by atoms with Gasteiger partial charge in [0, 0.05) is 136 Å². The molecule has 14 N–H and O–H groups in total. The van der Waals surface area contributed by atoms with Gasteiger partial charge in [0.25, 0.3) is 5.91 Å². The quantitative estimate of drug-likeness (QED) is 0.0379. The summed E-state index contributed by atoms with van der Waals surface area (Å²) in [6.45, 7) is 4.32. The third-order valence-corrected chi connectivity index (χ3v) is 25.0. The highest BCUT2D eigenvalue weighted by Crippen LogP contribution is 2.45. The summed E-state index contributed by atoms with van der Waals surface area (Å²) < 4.78 is 57.0. The largest absolute Gasteiger partial charge is 0.469 e. The van der Waals surface area contributed by atoms with Crippen LogP contribution in [-0.4, -0.2) is 134 Å². The highest BCUT2D eigenvalue weighted by atomic mass is 19.4. The van der Waals surface area contributed by atoms with E-state index in [9.17, 15) is 27.6 Å². The lowest BCUT2D eigenvalue weighted by Gasteiger charge is -2.28. The molecular weight excluding hydrogens is 1580 g/mol. The van der Waals surface area contributed by atoms with Crippen molar-refractivity contribution in [2.24, 2.45) is 23.7 Å². The van der Waals surface area contributed by atoms with Crippen LogP contribution in [-0.2, 0) is 31.8 Å². The van der Waals surface area contributed by atoms with Crippen LogP contribution in [0.3, 0.4) is 0 Å². The van der Waals surface area contributed by atoms with Gasteiger partial charge in [-0.2, -0.15) is 18.3 Å². The molecule has 124 heavy (non-hydrogen) atoms. The van der Waals surface area contributed by atoms with Crippen molar-refractivity contribution < 1.29 is 37.0 Å². The number of rotatable bonds is 17. The molecule has 12 aromatic heterocycles. The van der Waals surface area contributed by atoms with Crippen molar-refractivity contribution in [1.82, 2.24) is 93.4 Å². The van der Waals surface area contributed by atoms with Gasteiger partial charge in [0.15, 0.2) is 5.82 Å². The number of hydrogen-bond acceptors (Lipinski definition) is 18. The smallest absolute Gasteiger partial charge is 0.416 e. The van der Waals surface area contributed by atoms with Crippen molar-refractivity contribution in [3.63, 3.8) is 0 Å². The summed E-state index contributed by atoms with van der Waals surface area (Å²) >= 11 is 0. The third kappa shape index (κ3) is 16.6. The Labute approximate surface area is 709 Å². The molecule has 0 spiro atoms. The van der Waals surface area contributed by atoms with Crippen LogP contribution in [0, 0.1) is 30.6 Å². The number of aromatic nitrogens is 17. The van der Waals surface area contributed by atoms with Crippen LogP contribution in [0.15, 0.2) is 183 Å². The van der Waals surface area contributed by atoms with Crippen molar-refractivity contribution >= 4 is 112 Å². The summed E-state index contributed by atoms with van der Waals surface area (Å²) in [7, 11) is 2.98. The molecule has 21 rings (SSSR count). The van der Waals surface area contributed by atoms with Crippen molar-refractivity contribution in [2.75, 3.05) is 56.9 Å². The van der Waals surface area contributed by atoms with Crippen LogP contribution in [0.1, 0.15) is 147 Å². The fourth-order valence-corrected chi connectivity index (χ4v) is 18.3. The molecule has 17 aromatic rings. The minimum Gasteiger partial charge on any atom is -0.469 e. The van der Waals surface area contributed by atoms with E-state index in [4.69, 9.17) is 47.4 Å². The Balaban J connectivity index is 0.000000114. The number of nitrogens with two attached hydrogens (primary N) is 4. The molecule has 4 saturated carbocycles. The number of ether oxygens (including phenoxy) is 2. The highest BCUT2D eigenvalue weighted by Gasteiger charge is 2.36. The Kier molecular flexibility index (Phi) is 22.6. The first-order chi connectivity index (χ1) is 60.3. The predicted octanol–water partition coefficient (Wildman–Crippen LogP) is 16.9. The van der Waals surface area contributed by atoms with Crippen LogP contribution in [0.5, 0.6) is 0 Å². The monoisotopic (exact) mass is 1670 g/mol. The lowest BCUT2D eigenvalue weighted by molar-refractivity contribution is -0.146. The lowest BCUT2D eigenvalue weighted by atomic mass is 9.81. The highest BCUT2D eigenvalue weighted by molar-refractivity contribution is 6.02. The van der Waals surface area contributed by atoms with Crippen LogP contribution in [0.4, 0.5) is 36.4 Å². The Morgan fingerprint density at radius 3 is 1.56 bits per heavy atom. The number of imidazole rings is 3. The molecule has 4 fully saturated rings. The number of anilines is 4. The van der Waals surface area contributed by atoms with Gasteiger partial charge in [-0.05, 0) is 181 Å². The van der Waals surface area contributed by atoms with Crippen LogP contribution < -0.4 is 33.6 Å². The second-order valence-corrected chi connectivity index (χ2v) is 33.1. The minimum absolute atomic E-state index is 0.0121. The van der Waals surface area contributed by atoms with Gasteiger partial charge >= 0.3 is 12.1 Å². The van der Waals surface area contributed by atoms with Gasteiger partial charge in [-0.15, -0.1) is 0 Å². The maximum absolute atomic E-state index is 13.0. The Bertz CT molecular complexity index is 6700. The number of aromatic amines is 4. The van der Waals surface area contributed by atoms with Crippen LogP contribution in [0.2, 0.25) is 0 Å². The molecule has 0 saturated heterocycles. The van der Waals surface area contributed by atoms with E-state index in [0.717, 1.165) is 225 Å². The zero-order valence-electron chi connectivity index (χ0n) is 68.9. The molecule has 2 amide bonds. The van der Waals surface area contributed by atoms with E-state index in [1.165, 1.54) is 56.5 Å². The summed E-state index contributed by atoms with van der Waals surface area (Å²) in [6, 6.07) is 43.7. The third-order valence-electron chi connectivity index (χ3n) is 25.0. The number of nitrogens with zero attached hydrogens (tertiary/aromatic N) is 13. The average Bonchev–Trinajstić information content (AvgIpc) is 1.62. The molecule has 0 radical (unpaired) electrons. The topological polar surface area (TPSA) is 395 Å². The number of alkyl halides is 3.